The first kappa shape index (κ1) is 11.9. The summed E-state index contributed by atoms with van der Waals surface area (Å²) < 4.78 is 1.89. The molecule has 0 aliphatic heterocycles. The normalized spacial score (nSPS) is 10.5. The summed E-state index contributed by atoms with van der Waals surface area (Å²) in [5, 5.41) is 7.80. The van der Waals surface area contributed by atoms with Crippen LogP contribution in [0.2, 0.25) is 5.15 Å². The van der Waals surface area contributed by atoms with Crippen LogP contribution < -0.4 is 5.32 Å². The Kier molecular flexibility index (Phi) is 3.58. The zero-order valence-electron chi connectivity index (χ0n) is 9.81. The van der Waals surface area contributed by atoms with E-state index in [0.717, 1.165) is 18.7 Å². The number of rotatable bonds is 4. The van der Waals surface area contributed by atoms with Gasteiger partial charge in [-0.3, -0.25) is 4.68 Å². The molecule has 2 aromatic heterocycles. The van der Waals surface area contributed by atoms with Crippen molar-refractivity contribution in [2.24, 2.45) is 0 Å². The van der Waals surface area contributed by atoms with Gasteiger partial charge in [-0.05, 0) is 13.3 Å². The molecule has 0 saturated carbocycles. The lowest BCUT2D eigenvalue weighted by Gasteiger charge is -2.03. The Hall–Kier alpha value is -1.62. The van der Waals surface area contributed by atoms with E-state index >= 15 is 0 Å². The lowest BCUT2D eigenvalue weighted by molar-refractivity contribution is 0.603. The van der Waals surface area contributed by atoms with E-state index in [1.807, 2.05) is 10.9 Å². The van der Waals surface area contributed by atoms with Crippen molar-refractivity contribution in [2.75, 3.05) is 5.32 Å². The average molecular weight is 252 g/mol. The number of hydrogen-bond acceptors (Lipinski definition) is 4. The summed E-state index contributed by atoms with van der Waals surface area (Å²) in [5.41, 5.74) is 0.896. The third kappa shape index (κ3) is 3.17. The van der Waals surface area contributed by atoms with Crippen LogP contribution in [-0.4, -0.2) is 19.7 Å². The number of aromatic nitrogens is 4. The Morgan fingerprint density at radius 2 is 2.24 bits per heavy atom. The highest BCUT2D eigenvalue weighted by Crippen LogP contribution is 2.16. The Morgan fingerprint density at radius 3 is 2.94 bits per heavy atom. The molecule has 2 rings (SSSR count). The predicted molar refractivity (Wildman–Crippen MR) is 67.6 cm³/mol. The van der Waals surface area contributed by atoms with E-state index in [-0.39, 0.29) is 0 Å². The maximum Gasteiger partial charge on any atom is 0.135 e. The summed E-state index contributed by atoms with van der Waals surface area (Å²) in [5.74, 6) is 1.32. The van der Waals surface area contributed by atoms with Crippen molar-refractivity contribution in [3.8, 4) is 0 Å². The Bertz CT molecular complexity index is 488. The minimum Gasteiger partial charge on any atom is -0.338 e. The molecule has 0 spiro atoms. The van der Waals surface area contributed by atoms with Gasteiger partial charge in [0.15, 0.2) is 0 Å². The largest absolute Gasteiger partial charge is 0.338 e. The first-order valence-corrected chi connectivity index (χ1v) is 5.86. The van der Waals surface area contributed by atoms with Gasteiger partial charge >= 0.3 is 0 Å². The maximum absolute atomic E-state index is 5.86. The number of nitrogens with one attached hydrogen (secondary N) is 1. The van der Waals surface area contributed by atoms with Crippen molar-refractivity contribution in [3.63, 3.8) is 0 Å². The number of hydrogen-bond donors (Lipinski definition) is 1. The second kappa shape index (κ2) is 5.14. The van der Waals surface area contributed by atoms with E-state index in [2.05, 4.69) is 27.3 Å². The van der Waals surface area contributed by atoms with Crippen LogP contribution in [0.5, 0.6) is 0 Å². The number of halogens is 1. The van der Waals surface area contributed by atoms with Gasteiger partial charge in [0, 0.05) is 18.8 Å². The highest BCUT2D eigenvalue weighted by Gasteiger charge is 2.02. The van der Waals surface area contributed by atoms with Crippen LogP contribution >= 0.6 is 11.6 Å². The van der Waals surface area contributed by atoms with Crippen LogP contribution in [0.25, 0.3) is 0 Å². The summed E-state index contributed by atoms with van der Waals surface area (Å²) in [7, 11) is 0. The predicted octanol–water partition coefficient (Wildman–Crippen LogP) is 2.79. The highest BCUT2D eigenvalue weighted by atomic mass is 35.5. The van der Waals surface area contributed by atoms with Crippen molar-refractivity contribution in [1.29, 1.82) is 0 Å². The van der Waals surface area contributed by atoms with E-state index in [9.17, 15) is 0 Å². The third-order valence-electron chi connectivity index (χ3n) is 2.17. The van der Waals surface area contributed by atoms with E-state index < -0.39 is 0 Å². The van der Waals surface area contributed by atoms with Gasteiger partial charge in [-0.25, -0.2) is 9.97 Å². The van der Waals surface area contributed by atoms with Crippen LogP contribution in [0.15, 0.2) is 18.5 Å². The molecule has 17 heavy (non-hydrogen) atoms. The number of nitrogens with zero attached hydrogens (tertiary/aromatic N) is 4. The van der Waals surface area contributed by atoms with Gasteiger partial charge in [-0.15, -0.1) is 0 Å². The molecule has 0 amide bonds. The molecule has 90 valence electrons. The second-order valence-corrected chi connectivity index (χ2v) is 4.13. The van der Waals surface area contributed by atoms with Crippen molar-refractivity contribution in [2.45, 2.75) is 26.8 Å². The molecule has 0 aromatic carbocycles. The molecule has 0 atom stereocenters. The number of anilines is 2. The lowest BCUT2D eigenvalue weighted by Crippen LogP contribution is -1.97. The molecule has 1 N–H and O–H groups in total. The Labute approximate surface area is 105 Å². The van der Waals surface area contributed by atoms with Crippen LogP contribution in [-0.2, 0) is 6.54 Å². The summed E-state index contributed by atoms with van der Waals surface area (Å²) >= 11 is 5.86. The van der Waals surface area contributed by atoms with E-state index in [4.69, 9.17) is 11.6 Å². The molecule has 0 aliphatic carbocycles. The van der Waals surface area contributed by atoms with Gasteiger partial charge in [-0.1, -0.05) is 18.5 Å². The molecule has 2 aromatic rings. The molecule has 0 unspecified atom stereocenters. The first-order valence-electron chi connectivity index (χ1n) is 5.48. The summed E-state index contributed by atoms with van der Waals surface area (Å²) in [6.45, 7) is 4.82. The SMILES string of the molecule is CCCn1cc(Nc2cc(Cl)nc(C)n2)cn1. The zero-order chi connectivity index (χ0) is 12.3. The van der Waals surface area contributed by atoms with Crippen LogP contribution in [0, 0.1) is 6.92 Å². The molecule has 6 heteroatoms. The summed E-state index contributed by atoms with van der Waals surface area (Å²) in [6, 6.07) is 1.69. The minimum atomic E-state index is 0.431. The zero-order valence-corrected chi connectivity index (χ0v) is 10.6. The molecular weight excluding hydrogens is 238 g/mol. The van der Waals surface area contributed by atoms with Gasteiger partial charge in [0.2, 0.25) is 0 Å². The Balaban J connectivity index is 2.13. The quantitative estimate of drug-likeness (QED) is 0.849. The van der Waals surface area contributed by atoms with Gasteiger partial charge in [0.25, 0.3) is 0 Å². The topological polar surface area (TPSA) is 55.6 Å². The average Bonchev–Trinajstić information content (AvgIpc) is 2.64. The molecular formula is C11H14ClN5. The molecule has 0 aliphatic rings. The fourth-order valence-electron chi connectivity index (χ4n) is 1.52. The van der Waals surface area contributed by atoms with E-state index in [0.29, 0.717) is 16.8 Å². The number of aryl methyl sites for hydroxylation is 2. The van der Waals surface area contributed by atoms with Crippen molar-refractivity contribution in [3.05, 3.63) is 29.4 Å². The standard InChI is InChI=1S/C11H14ClN5/c1-3-4-17-7-9(6-13-17)16-11-5-10(12)14-8(2)15-11/h5-7H,3-4H2,1-2H3,(H,14,15,16). The summed E-state index contributed by atoms with van der Waals surface area (Å²) in [4.78, 5) is 8.24. The fraction of sp³-hybridized carbons (Fsp3) is 0.364. The van der Waals surface area contributed by atoms with Gasteiger partial charge < -0.3 is 5.32 Å². The van der Waals surface area contributed by atoms with Crippen molar-refractivity contribution < 1.29 is 0 Å². The first-order chi connectivity index (χ1) is 8.17. The maximum atomic E-state index is 5.86. The third-order valence-corrected chi connectivity index (χ3v) is 2.36. The van der Waals surface area contributed by atoms with Gasteiger partial charge in [-0.2, -0.15) is 5.10 Å². The van der Waals surface area contributed by atoms with Crippen LogP contribution in [0.1, 0.15) is 19.2 Å². The van der Waals surface area contributed by atoms with Crippen molar-refractivity contribution >= 4 is 23.1 Å². The lowest BCUT2D eigenvalue weighted by atomic mass is 10.4. The second-order valence-electron chi connectivity index (χ2n) is 3.74. The molecule has 0 fully saturated rings. The van der Waals surface area contributed by atoms with Crippen LogP contribution in [0.3, 0.4) is 0 Å². The van der Waals surface area contributed by atoms with E-state index in [1.165, 1.54) is 0 Å². The van der Waals surface area contributed by atoms with E-state index in [1.54, 1.807) is 19.2 Å². The highest BCUT2D eigenvalue weighted by molar-refractivity contribution is 6.29. The fourth-order valence-corrected chi connectivity index (χ4v) is 1.75. The molecule has 5 nitrogen and oxygen atoms in total. The molecule has 0 radical (unpaired) electrons. The molecule has 0 bridgehead atoms. The van der Waals surface area contributed by atoms with Gasteiger partial charge in [0.05, 0.1) is 11.9 Å². The molecule has 0 saturated heterocycles. The Morgan fingerprint density at radius 1 is 1.41 bits per heavy atom. The van der Waals surface area contributed by atoms with Crippen molar-refractivity contribution in [1.82, 2.24) is 19.7 Å². The molecule has 2 heterocycles. The monoisotopic (exact) mass is 251 g/mol. The van der Waals surface area contributed by atoms with Gasteiger partial charge in [0.1, 0.15) is 16.8 Å². The summed E-state index contributed by atoms with van der Waals surface area (Å²) in [6.07, 6.45) is 4.76. The smallest absolute Gasteiger partial charge is 0.135 e. The van der Waals surface area contributed by atoms with Crippen LogP contribution in [0.4, 0.5) is 11.5 Å². The minimum absolute atomic E-state index is 0.431.